The molecule has 0 aliphatic heterocycles. The van der Waals surface area contributed by atoms with Gasteiger partial charge in [-0.15, -0.1) is 0 Å². The number of aromatic nitrogens is 2. The summed E-state index contributed by atoms with van der Waals surface area (Å²) < 4.78 is 59.3. The van der Waals surface area contributed by atoms with Crippen LogP contribution in [-0.2, 0) is 4.79 Å². The molecular weight excluding hydrogens is 525 g/mol. The number of nitrogens with zero attached hydrogens (tertiary/aromatic N) is 3. The highest BCUT2D eigenvalue weighted by atomic mass is 19.4. The van der Waals surface area contributed by atoms with E-state index in [4.69, 9.17) is 14.9 Å². The summed E-state index contributed by atoms with van der Waals surface area (Å²) in [4.78, 5) is 32.4. The van der Waals surface area contributed by atoms with Gasteiger partial charge in [0.2, 0.25) is 5.95 Å². The lowest BCUT2D eigenvalue weighted by atomic mass is 9.86. The highest BCUT2D eigenvalue weighted by Gasteiger charge is 2.38. The molecule has 1 aromatic heterocycles. The first kappa shape index (κ1) is 29.5. The third kappa shape index (κ3) is 7.98. The minimum absolute atomic E-state index is 0.238. The van der Waals surface area contributed by atoms with Crippen molar-refractivity contribution in [2.24, 2.45) is 5.92 Å². The number of carbonyl (C=O) groups is 2. The number of anilines is 2. The molecular formula is C26H28F5N5O3. The number of amides is 1. The first-order chi connectivity index (χ1) is 18.4. The lowest BCUT2D eigenvalue weighted by Gasteiger charge is -2.29. The number of rotatable bonds is 6. The van der Waals surface area contributed by atoms with E-state index in [9.17, 15) is 26.7 Å². The maximum atomic E-state index is 13.8. The van der Waals surface area contributed by atoms with Crippen molar-refractivity contribution < 1.29 is 36.6 Å². The molecule has 4 rings (SSSR count). The molecule has 1 saturated carbocycles. The van der Waals surface area contributed by atoms with E-state index in [1.54, 1.807) is 0 Å². The van der Waals surface area contributed by atoms with E-state index >= 15 is 0 Å². The second kappa shape index (κ2) is 12.7. The van der Waals surface area contributed by atoms with Gasteiger partial charge in [-0.05, 0) is 55.9 Å². The molecule has 0 saturated heterocycles. The molecule has 1 aliphatic carbocycles. The Bertz CT molecular complexity index is 1290. The van der Waals surface area contributed by atoms with Gasteiger partial charge in [0.25, 0.3) is 5.91 Å². The fourth-order valence-corrected chi connectivity index (χ4v) is 4.20. The molecule has 1 aliphatic rings. The van der Waals surface area contributed by atoms with Gasteiger partial charge in [0.05, 0.1) is 5.52 Å². The number of fused-ring (bicyclic) bond motifs is 1. The maximum absolute atomic E-state index is 13.8. The van der Waals surface area contributed by atoms with Gasteiger partial charge in [0.15, 0.2) is 0 Å². The molecule has 0 unspecified atom stereocenters. The van der Waals surface area contributed by atoms with Crippen LogP contribution in [0.15, 0.2) is 42.5 Å². The fraction of sp³-hybridized carbons (Fsp3) is 0.385. The van der Waals surface area contributed by atoms with E-state index in [0.717, 1.165) is 54.5 Å². The predicted molar refractivity (Wildman–Crippen MR) is 136 cm³/mol. The largest absolute Gasteiger partial charge is 0.490 e. The number of carboxylic acids is 1. The molecule has 210 valence electrons. The second-order valence-electron chi connectivity index (χ2n) is 9.25. The Hall–Kier alpha value is -4.03. The Balaban J connectivity index is 0.000000532. The van der Waals surface area contributed by atoms with Crippen LogP contribution in [0.5, 0.6) is 0 Å². The number of hydrogen-bond acceptors (Lipinski definition) is 6. The van der Waals surface area contributed by atoms with Crippen molar-refractivity contribution in [3.05, 3.63) is 59.7 Å². The third-order valence-corrected chi connectivity index (χ3v) is 6.17. The molecule has 0 atom stereocenters. The third-order valence-electron chi connectivity index (χ3n) is 6.17. The van der Waals surface area contributed by atoms with Crippen LogP contribution in [0.1, 0.15) is 36.0 Å². The summed E-state index contributed by atoms with van der Waals surface area (Å²) in [6.45, 7) is 0.399. The molecule has 1 fully saturated rings. The Labute approximate surface area is 221 Å². The number of alkyl halides is 3. The van der Waals surface area contributed by atoms with E-state index in [1.165, 1.54) is 6.07 Å². The van der Waals surface area contributed by atoms with Crippen LogP contribution in [0.4, 0.5) is 33.7 Å². The minimum atomic E-state index is -5.08. The number of halogens is 5. The maximum Gasteiger partial charge on any atom is 0.490 e. The van der Waals surface area contributed by atoms with Gasteiger partial charge in [-0.25, -0.2) is 18.6 Å². The van der Waals surface area contributed by atoms with Crippen LogP contribution in [0.2, 0.25) is 0 Å². The molecule has 3 N–H and O–H groups in total. The van der Waals surface area contributed by atoms with Gasteiger partial charge in [0.1, 0.15) is 23.0 Å². The number of para-hydroxylation sites is 1. The van der Waals surface area contributed by atoms with Crippen molar-refractivity contribution >= 4 is 34.5 Å². The van der Waals surface area contributed by atoms with Crippen LogP contribution in [-0.4, -0.2) is 59.8 Å². The Morgan fingerprint density at radius 3 is 2.13 bits per heavy atom. The summed E-state index contributed by atoms with van der Waals surface area (Å²) in [6, 6.07) is 11.6. The van der Waals surface area contributed by atoms with Gasteiger partial charge < -0.3 is 20.6 Å². The van der Waals surface area contributed by atoms with Crippen molar-refractivity contribution in [1.82, 2.24) is 15.3 Å². The monoisotopic (exact) mass is 553 g/mol. The summed E-state index contributed by atoms with van der Waals surface area (Å²) in [5, 5.41) is 14.3. The number of nitrogens with one attached hydrogen (secondary N) is 2. The smallest absolute Gasteiger partial charge is 0.475 e. The Morgan fingerprint density at radius 1 is 0.974 bits per heavy atom. The molecule has 3 aromatic rings. The van der Waals surface area contributed by atoms with E-state index < -0.39 is 35.3 Å². The SMILES string of the molecule is CN(C)c1nc(NC2CCC(CNC(=O)c3c(F)cccc3F)CC2)nc2ccccc12.O=C(O)C(F)(F)F. The first-order valence-corrected chi connectivity index (χ1v) is 12.1. The molecule has 13 heteroatoms. The fourth-order valence-electron chi connectivity index (χ4n) is 4.20. The topological polar surface area (TPSA) is 107 Å². The van der Waals surface area contributed by atoms with Gasteiger partial charge in [-0.2, -0.15) is 18.2 Å². The van der Waals surface area contributed by atoms with Crippen molar-refractivity contribution in [2.75, 3.05) is 30.9 Å². The number of benzene rings is 2. The Kier molecular flexibility index (Phi) is 9.60. The highest BCUT2D eigenvalue weighted by molar-refractivity contribution is 5.94. The van der Waals surface area contributed by atoms with Crippen LogP contribution >= 0.6 is 0 Å². The summed E-state index contributed by atoms with van der Waals surface area (Å²) in [6.07, 6.45) is -1.48. The number of carbonyl (C=O) groups excluding carboxylic acids is 1. The van der Waals surface area contributed by atoms with Crippen LogP contribution in [0.3, 0.4) is 0 Å². The van der Waals surface area contributed by atoms with Crippen LogP contribution < -0.4 is 15.5 Å². The quantitative estimate of drug-likeness (QED) is 0.369. The van der Waals surface area contributed by atoms with Gasteiger partial charge >= 0.3 is 12.1 Å². The predicted octanol–water partition coefficient (Wildman–Crippen LogP) is 5.01. The van der Waals surface area contributed by atoms with Gasteiger partial charge in [-0.1, -0.05) is 18.2 Å². The molecule has 8 nitrogen and oxygen atoms in total. The molecule has 0 bridgehead atoms. The van der Waals surface area contributed by atoms with Crippen molar-refractivity contribution in [3.8, 4) is 0 Å². The summed E-state index contributed by atoms with van der Waals surface area (Å²) in [7, 11) is 3.93. The van der Waals surface area contributed by atoms with Crippen molar-refractivity contribution in [1.29, 1.82) is 0 Å². The van der Waals surface area contributed by atoms with Crippen LogP contribution in [0, 0.1) is 17.6 Å². The average Bonchev–Trinajstić information content (AvgIpc) is 2.87. The van der Waals surface area contributed by atoms with E-state index in [0.29, 0.717) is 12.5 Å². The number of carboxylic acid groups (broad SMARTS) is 1. The second-order valence-corrected chi connectivity index (χ2v) is 9.25. The zero-order chi connectivity index (χ0) is 28.7. The zero-order valence-corrected chi connectivity index (χ0v) is 21.2. The first-order valence-electron chi connectivity index (χ1n) is 12.1. The lowest BCUT2D eigenvalue weighted by molar-refractivity contribution is -0.192. The van der Waals surface area contributed by atoms with Crippen molar-refractivity contribution in [3.63, 3.8) is 0 Å². The summed E-state index contributed by atoms with van der Waals surface area (Å²) in [5.74, 6) is -3.41. The average molecular weight is 554 g/mol. The normalized spacial score (nSPS) is 17.1. The molecule has 39 heavy (non-hydrogen) atoms. The molecule has 0 radical (unpaired) electrons. The zero-order valence-electron chi connectivity index (χ0n) is 21.2. The molecule has 1 heterocycles. The standard InChI is InChI=1S/C24H27F2N5O.C2HF3O2/c1-31(2)22-17-6-3-4-9-20(17)29-24(30-22)28-16-12-10-15(11-13-16)14-27-23(32)21-18(25)7-5-8-19(21)26;3-2(4,5)1(6)7/h3-9,15-16H,10-14H2,1-2H3,(H,27,32)(H,28,29,30);(H,6,7). The number of hydrogen-bond donors (Lipinski definition) is 3. The molecule has 2 aromatic carbocycles. The van der Waals surface area contributed by atoms with Gasteiger partial charge in [-0.3, -0.25) is 4.79 Å². The lowest BCUT2D eigenvalue weighted by Crippen LogP contribution is -2.34. The van der Waals surface area contributed by atoms with Crippen LogP contribution in [0.25, 0.3) is 10.9 Å². The minimum Gasteiger partial charge on any atom is -0.475 e. The molecule has 1 amide bonds. The molecule has 0 spiro atoms. The van der Waals surface area contributed by atoms with E-state index in [2.05, 4.69) is 15.6 Å². The summed E-state index contributed by atoms with van der Waals surface area (Å²) in [5.41, 5.74) is 0.374. The van der Waals surface area contributed by atoms with E-state index in [1.807, 2.05) is 43.3 Å². The number of aliphatic carboxylic acids is 1. The summed E-state index contributed by atoms with van der Waals surface area (Å²) >= 11 is 0. The van der Waals surface area contributed by atoms with Gasteiger partial charge in [0, 0.05) is 32.1 Å². The highest BCUT2D eigenvalue weighted by Crippen LogP contribution is 2.28. The van der Waals surface area contributed by atoms with Crippen molar-refractivity contribution in [2.45, 2.75) is 37.9 Å². The Morgan fingerprint density at radius 2 is 1.56 bits per heavy atom. The van der Waals surface area contributed by atoms with E-state index in [-0.39, 0.29) is 12.0 Å².